The highest BCUT2D eigenvalue weighted by atomic mass is 17.1. The maximum atomic E-state index is 10.5. The minimum atomic E-state index is -2.73. The monoisotopic (exact) mass is 166 g/mol. The lowest BCUT2D eigenvalue weighted by Gasteiger charge is -2.33. The first kappa shape index (κ1) is 10.3. The van der Waals surface area contributed by atoms with Crippen LogP contribution in [0.5, 0.6) is 0 Å². The molecule has 11 heavy (non-hydrogen) atoms. The normalized spacial score (nSPS) is 12.9. The molecule has 0 aromatic heterocycles. The van der Waals surface area contributed by atoms with Crippen molar-refractivity contribution in [3.8, 4) is 0 Å². The first-order chi connectivity index (χ1) is 4.73. The Hall–Kier alpha value is -0.690. The summed E-state index contributed by atoms with van der Waals surface area (Å²) in [6.07, 6.45) is 0. The highest BCUT2D eigenvalue weighted by Gasteiger charge is 2.50. The maximum absolute atomic E-state index is 10.5. The van der Waals surface area contributed by atoms with Crippen molar-refractivity contribution in [2.45, 2.75) is 5.91 Å². The Kier molecular flexibility index (Phi) is 2.57. The van der Waals surface area contributed by atoms with Crippen LogP contribution < -0.4 is 0 Å². The van der Waals surface area contributed by atoms with Gasteiger partial charge in [-0.25, -0.2) is 4.79 Å². The fourth-order valence-electron chi connectivity index (χ4n) is 0.335. The zero-order chi connectivity index (χ0) is 9.28. The van der Waals surface area contributed by atoms with Crippen molar-refractivity contribution in [3.63, 3.8) is 0 Å². The van der Waals surface area contributed by atoms with E-state index in [0.717, 1.165) is 0 Å². The smallest absolute Gasteiger partial charge is 0.310 e. The van der Waals surface area contributed by atoms with Gasteiger partial charge in [-0.1, -0.05) is 0 Å². The first-order valence-electron chi connectivity index (χ1n) is 2.85. The van der Waals surface area contributed by atoms with Gasteiger partial charge in [0.1, 0.15) is 0 Å². The zero-order valence-electron chi connectivity index (χ0n) is 6.61. The molecule has 0 radical (unpaired) electrons. The van der Waals surface area contributed by atoms with Gasteiger partial charge in [-0.3, -0.25) is 9.37 Å². The van der Waals surface area contributed by atoms with Crippen LogP contribution in [0.2, 0.25) is 0 Å². The summed E-state index contributed by atoms with van der Waals surface area (Å²) >= 11 is 0. The number of rotatable bonds is 2. The Bertz CT molecular complexity index is 159. The molecule has 0 rings (SSSR count). The van der Waals surface area contributed by atoms with Gasteiger partial charge < -0.3 is 10.2 Å². The molecule has 6 heteroatoms. The van der Waals surface area contributed by atoms with Gasteiger partial charge in [0, 0.05) is 0 Å². The topological polar surface area (TPSA) is 87.0 Å². The van der Waals surface area contributed by atoms with Gasteiger partial charge in [-0.05, 0) is 0 Å². The average Bonchev–Trinajstić information content (AvgIpc) is 1.83. The van der Waals surface area contributed by atoms with Crippen molar-refractivity contribution in [3.05, 3.63) is 0 Å². The van der Waals surface area contributed by atoms with E-state index < -0.39 is 16.4 Å². The van der Waals surface area contributed by atoms with Crippen molar-refractivity contribution >= 4 is 5.97 Å². The van der Waals surface area contributed by atoms with Gasteiger partial charge in [0.2, 0.25) is 0 Å². The average molecular weight is 166 g/mol. The molecule has 3 N–H and O–H groups in total. The predicted molar refractivity (Wildman–Crippen MR) is 33.9 cm³/mol. The van der Waals surface area contributed by atoms with E-state index in [1.807, 2.05) is 0 Å². The molecule has 0 aromatic carbocycles. The Balaban J connectivity index is 4.59. The predicted octanol–water partition coefficient (Wildman–Crippen LogP) is -1.65. The molecule has 0 aliphatic rings. The van der Waals surface area contributed by atoms with Gasteiger partial charge in [0.15, 0.2) is 0 Å². The van der Waals surface area contributed by atoms with Gasteiger partial charge in [-0.15, -0.1) is 0 Å². The molecular formula is C5H12NO5+. The van der Waals surface area contributed by atoms with E-state index in [4.69, 9.17) is 15.5 Å². The van der Waals surface area contributed by atoms with Crippen LogP contribution in [0.1, 0.15) is 0 Å². The highest BCUT2D eigenvalue weighted by Crippen LogP contribution is 2.12. The second-order valence-corrected chi connectivity index (χ2v) is 3.03. The summed E-state index contributed by atoms with van der Waals surface area (Å²) in [6, 6.07) is 0. The quantitative estimate of drug-likeness (QED) is 0.198. The van der Waals surface area contributed by atoms with Crippen LogP contribution in [-0.2, 0) is 9.68 Å². The van der Waals surface area contributed by atoms with Crippen LogP contribution in [0.25, 0.3) is 0 Å². The SMILES string of the molecule is C[N+](C)(C)C(O)(O)C(=O)OO. The molecule has 0 bridgehead atoms. The molecule has 0 fully saturated rings. The number of aliphatic hydroxyl groups is 2. The fourth-order valence-corrected chi connectivity index (χ4v) is 0.335. The summed E-state index contributed by atoms with van der Waals surface area (Å²) in [4.78, 5) is 13.7. The standard InChI is InChI=1S/C5H11NO5/c1-6(2,3)5(8,9)4(7)11-10/h8-9H,1-3H3/p+1. The number of carbonyl (C=O) groups is 1. The van der Waals surface area contributed by atoms with Gasteiger partial charge >= 0.3 is 11.9 Å². The van der Waals surface area contributed by atoms with E-state index in [1.54, 1.807) is 0 Å². The van der Waals surface area contributed by atoms with Crippen molar-refractivity contribution in [1.29, 1.82) is 0 Å². The van der Waals surface area contributed by atoms with Gasteiger partial charge in [-0.2, -0.15) is 5.26 Å². The lowest BCUT2D eigenvalue weighted by atomic mass is 10.4. The molecule has 0 aliphatic heterocycles. The summed E-state index contributed by atoms with van der Waals surface area (Å²) < 4.78 is -0.480. The minimum Gasteiger partial charge on any atom is -0.310 e. The number of hydrogen-bond acceptors (Lipinski definition) is 5. The molecule has 0 aromatic rings. The highest BCUT2D eigenvalue weighted by molar-refractivity contribution is 5.74. The Labute approximate surface area is 63.8 Å². The van der Waals surface area contributed by atoms with Crippen molar-refractivity contribution in [2.75, 3.05) is 21.1 Å². The number of carbonyl (C=O) groups excluding carboxylic acids is 1. The van der Waals surface area contributed by atoms with Crippen LogP contribution in [-0.4, -0.2) is 53.0 Å². The number of likely N-dealkylation sites (N-methyl/N-ethyl adjacent to an activating group) is 1. The van der Waals surface area contributed by atoms with E-state index >= 15 is 0 Å². The van der Waals surface area contributed by atoms with E-state index in [9.17, 15) is 4.79 Å². The second kappa shape index (κ2) is 2.74. The van der Waals surface area contributed by atoms with Crippen molar-refractivity contribution < 1.29 is 29.6 Å². The molecule has 66 valence electrons. The lowest BCUT2D eigenvalue weighted by molar-refractivity contribution is -0.966. The van der Waals surface area contributed by atoms with Gasteiger partial charge in [0.25, 0.3) is 0 Å². The molecule has 0 heterocycles. The summed E-state index contributed by atoms with van der Waals surface area (Å²) in [5, 5.41) is 25.9. The Morgan fingerprint density at radius 2 is 1.73 bits per heavy atom. The van der Waals surface area contributed by atoms with E-state index in [2.05, 4.69) is 4.89 Å². The molecule has 6 nitrogen and oxygen atoms in total. The third-order valence-corrected chi connectivity index (χ3v) is 1.29. The molecule has 0 amide bonds. The molecule has 0 unspecified atom stereocenters. The van der Waals surface area contributed by atoms with E-state index in [-0.39, 0.29) is 0 Å². The van der Waals surface area contributed by atoms with Crippen molar-refractivity contribution in [2.24, 2.45) is 0 Å². The Morgan fingerprint density at radius 1 is 1.36 bits per heavy atom. The lowest BCUT2D eigenvalue weighted by Crippen LogP contribution is -2.62. The number of nitrogens with zero attached hydrogens (tertiary/aromatic N) is 1. The van der Waals surface area contributed by atoms with Crippen LogP contribution in [0.15, 0.2) is 0 Å². The summed E-state index contributed by atoms with van der Waals surface area (Å²) in [7, 11) is 4.07. The van der Waals surface area contributed by atoms with Crippen LogP contribution in [0.4, 0.5) is 0 Å². The van der Waals surface area contributed by atoms with E-state index in [1.165, 1.54) is 21.1 Å². The van der Waals surface area contributed by atoms with E-state index in [0.29, 0.717) is 0 Å². The third kappa shape index (κ3) is 1.87. The maximum Gasteiger partial charge on any atom is 0.463 e. The van der Waals surface area contributed by atoms with Crippen LogP contribution >= 0.6 is 0 Å². The third-order valence-electron chi connectivity index (χ3n) is 1.29. The summed E-state index contributed by atoms with van der Waals surface area (Å²) in [5.41, 5.74) is 0. The Morgan fingerprint density at radius 3 is 1.82 bits per heavy atom. The second-order valence-electron chi connectivity index (χ2n) is 3.03. The molecule has 0 saturated carbocycles. The van der Waals surface area contributed by atoms with Crippen molar-refractivity contribution in [1.82, 2.24) is 0 Å². The summed E-state index contributed by atoms with van der Waals surface area (Å²) in [5.74, 6) is -4.24. The fraction of sp³-hybridized carbons (Fsp3) is 0.800. The van der Waals surface area contributed by atoms with Crippen LogP contribution in [0, 0.1) is 0 Å². The first-order valence-corrected chi connectivity index (χ1v) is 2.85. The molecule has 0 atom stereocenters. The molecule has 0 spiro atoms. The molecule has 0 aliphatic carbocycles. The molecular weight excluding hydrogens is 154 g/mol. The zero-order valence-corrected chi connectivity index (χ0v) is 6.61. The number of hydrogen-bond donors (Lipinski definition) is 3. The number of quaternary nitrogens is 1. The molecule has 0 saturated heterocycles. The summed E-state index contributed by atoms with van der Waals surface area (Å²) in [6.45, 7) is 0. The van der Waals surface area contributed by atoms with Crippen LogP contribution in [0.3, 0.4) is 0 Å². The van der Waals surface area contributed by atoms with Gasteiger partial charge in [0.05, 0.1) is 21.1 Å². The minimum absolute atomic E-state index is 0.480. The largest absolute Gasteiger partial charge is 0.463 e.